The highest BCUT2D eigenvalue weighted by molar-refractivity contribution is 7.15. The molecule has 0 saturated heterocycles. The third-order valence-electron chi connectivity index (χ3n) is 4.42. The molecule has 1 aromatic heterocycles. The zero-order chi connectivity index (χ0) is 19.7. The second-order valence-electron chi connectivity index (χ2n) is 6.15. The first-order chi connectivity index (χ1) is 13.5. The van der Waals surface area contributed by atoms with Crippen LogP contribution in [0.2, 0.25) is 5.02 Å². The Hall–Kier alpha value is -3.15. The number of hydrogen-bond acceptors (Lipinski definition) is 3. The first-order valence-electron chi connectivity index (χ1n) is 8.44. The zero-order valence-corrected chi connectivity index (χ0v) is 16.1. The molecule has 1 heterocycles. The maximum absolute atomic E-state index is 12.9. The van der Waals surface area contributed by atoms with Gasteiger partial charge in [0.05, 0.1) is 0 Å². The van der Waals surface area contributed by atoms with Gasteiger partial charge in [-0.3, -0.25) is 4.79 Å². The highest BCUT2D eigenvalue weighted by atomic mass is 35.5. The third-order valence-corrected chi connectivity index (χ3v) is 5.57. The summed E-state index contributed by atoms with van der Waals surface area (Å²) < 4.78 is 0. The van der Waals surface area contributed by atoms with E-state index in [1.54, 1.807) is 35.7 Å². The summed E-state index contributed by atoms with van der Waals surface area (Å²) in [6.45, 7) is 0. The van der Waals surface area contributed by atoms with Crippen molar-refractivity contribution >= 4 is 50.6 Å². The van der Waals surface area contributed by atoms with Crippen molar-refractivity contribution < 1.29 is 14.7 Å². The Balaban J connectivity index is 1.73. The van der Waals surface area contributed by atoms with Crippen molar-refractivity contribution in [1.29, 1.82) is 0 Å². The highest BCUT2D eigenvalue weighted by Gasteiger charge is 2.22. The molecular weight excluding hydrogens is 394 g/mol. The molecule has 0 aliphatic heterocycles. The van der Waals surface area contributed by atoms with Crippen LogP contribution >= 0.6 is 22.9 Å². The maximum Gasteiger partial charge on any atom is 0.339 e. The number of anilines is 1. The van der Waals surface area contributed by atoms with E-state index in [-0.39, 0.29) is 11.5 Å². The molecule has 0 radical (unpaired) electrons. The zero-order valence-electron chi connectivity index (χ0n) is 14.5. The highest BCUT2D eigenvalue weighted by Crippen LogP contribution is 2.36. The number of nitrogens with one attached hydrogen (secondary N) is 1. The van der Waals surface area contributed by atoms with Crippen molar-refractivity contribution in [1.82, 2.24) is 0 Å². The molecule has 0 unspecified atom stereocenters. The van der Waals surface area contributed by atoms with Gasteiger partial charge < -0.3 is 10.4 Å². The minimum absolute atomic E-state index is 0.0703. The number of carboxylic acid groups (broad SMARTS) is 1. The van der Waals surface area contributed by atoms with E-state index < -0.39 is 5.97 Å². The smallest absolute Gasteiger partial charge is 0.339 e. The van der Waals surface area contributed by atoms with E-state index >= 15 is 0 Å². The molecule has 28 heavy (non-hydrogen) atoms. The number of hydrogen-bond donors (Lipinski definition) is 2. The van der Waals surface area contributed by atoms with Gasteiger partial charge in [-0.05, 0) is 34.5 Å². The molecule has 2 N–H and O–H groups in total. The van der Waals surface area contributed by atoms with Gasteiger partial charge in [0.25, 0.3) is 5.91 Å². The molecule has 1 amide bonds. The summed E-state index contributed by atoms with van der Waals surface area (Å²) in [5, 5.41) is 16.9. The second-order valence-corrected chi connectivity index (χ2v) is 7.46. The van der Waals surface area contributed by atoms with Gasteiger partial charge in [-0.15, -0.1) is 11.3 Å². The van der Waals surface area contributed by atoms with Gasteiger partial charge in [-0.1, -0.05) is 60.1 Å². The van der Waals surface area contributed by atoms with Crippen molar-refractivity contribution in [3.05, 3.63) is 88.3 Å². The summed E-state index contributed by atoms with van der Waals surface area (Å²) in [7, 11) is 0. The number of amides is 1. The van der Waals surface area contributed by atoms with Gasteiger partial charge >= 0.3 is 5.97 Å². The first kappa shape index (κ1) is 18.2. The number of fused-ring (bicyclic) bond motifs is 1. The first-order valence-corrected chi connectivity index (χ1v) is 9.70. The molecule has 0 aliphatic rings. The Labute approximate surface area is 170 Å². The molecule has 0 aliphatic carbocycles. The Bertz CT molecular complexity index is 1190. The quantitative estimate of drug-likeness (QED) is 0.425. The lowest BCUT2D eigenvalue weighted by Crippen LogP contribution is -2.14. The van der Waals surface area contributed by atoms with Crippen LogP contribution in [0.5, 0.6) is 0 Å². The largest absolute Gasteiger partial charge is 0.478 e. The molecule has 4 aromatic rings. The van der Waals surface area contributed by atoms with Crippen LogP contribution in [0.3, 0.4) is 0 Å². The molecule has 6 heteroatoms. The van der Waals surface area contributed by atoms with Gasteiger partial charge in [-0.2, -0.15) is 0 Å². The van der Waals surface area contributed by atoms with Crippen LogP contribution < -0.4 is 5.32 Å². The van der Waals surface area contributed by atoms with Crippen LogP contribution in [0.4, 0.5) is 5.00 Å². The number of carbonyl (C=O) groups excluding carboxylic acids is 1. The summed E-state index contributed by atoms with van der Waals surface area (Å²) in [5.41, 5.74) is 1.84. The van der Waals surface area contributed by atoms with Gasteiger partial charge in [0.1, 0.15) is 10.6 Å². The minimum Gasteiger partial charge on any atom is -0.478 e. The van der Waals surface area contributed by atoms with E-state index in [0.717, 1.165) is 16.3 Å². The van der Waals surface area contributed by atoms with E-state index in [4.69, 9.17) is 11.6 Å². The number of thiophene rings is 1. The van der Waals surface area contributed by atoms with Crippen LogP contribution in [0, 0.1) is 0 Å². The van der Waals surface area contributed by atoms with E-state index in [1.807, 2.05) is 36.4 Å². The van der Waals surface area contributed by atoms with Crippen molar-refractivity contribution in [3.63, 3.8) is 0 Å². The molecule has 3 aromatic carbocycles. The van der Waals surface area contributed by atoms with Crippen LogP contribution in [0.15, 0.2) is 72.1 Å². The topological polar surface area (TPSA) is 66.4 Å². The lowest BCUT2D eigenvalue weighted by Gasteiger charge is -2.08. The standard InChI is InChI=1S/C22H14ClNO3S/c23-15-10-8-14(9-11-15)18-12-28-21(19(18)22(26)27)24-20(25)17-7-3-5-13-4-1-2-6-16(13)17/h1-12H,(H,24,25)(H,26,27). The van der Waals surface area contributed by atoms with E-state index in [0.29, 0.717) is 21.2 Å². The van der Waals surface area contributed by atoms with Crippen molar-refractivity contribution in [3.8, 4) is 11.1 Å². The SMILES string of the molecule is O=C(O)c1c(-c2ccc(Cl)cc2)csc1NC(=O)c1cccc2ccccc12. The Morgan fingerprint density at radius 3 is 2.39 bits per heavy atom. The van der Waals surface area contributed by atoms with Crippen molar-refractivity contribution in [2.45, 2.75) is 0 Å². The van der Waals surface area contributed by atoms with E-state index in [2.05, 4.69) is 5.32 Å². The van der Waals surface area contributed by atoms with E-state index in [9.17, 15) is 14.7 Å². The lowest BCUT2D eigenvalue weighted by molar-refractivity contribution is 0.0699. The summed E-state index contributed by atoms with van der Waals surface area (Å²) in [4.78, 5) is 24.8. The summed E-state index contributed by atoms with van der Waals surface area (Å²) in [6.07, 6.45) is 0. The Morgan fingerprint density at radius 1 is 0.929 bits per heavy atom. The monoisotopic (exact) mass is 407 g/mol. The van der Waals surface area contributed by atoms with Crippen LogP contribution in [0.25, 0.3) is 21.9 Å². The molecule has 0 atom stereocenters. The minimum atomic E-state index is -1.10. The normalized spacial score (nSPS) is 10.8. The number of aromatic carboxylic acids is 1. The Kier molecular flexibility index (Phi) is 4.86. The van der Waals surface area contributed by atoms with Crippen molar-refractivity contribution in [2.24, 2.45) is 0 Å². The van der Waals surface area contributed by atoms with E-state index in [1.165, 1.54) is 11.3 Å². The molecule has 4 nitrogen and oxygen atoms in total. The summed E-state index contributed by atoms with van der Waals surface area (Å²) in [6, 6.07) is 20.0. The second kappa shape index (κ2) is 7.46. The molecule has 0 fully saturated rings. The fourth-order valence-electron chi connectivity index (χ4n) is 3.10. The summed E-state index contributed by atoms with van der Waals surface area (Å²) >= 11 is 7.11. The molecule has 0 bridgehead atoms. The number of halogens is 1. The molecule has 0 spiro atoms. The Morgan fingerprint density at radius 2 is 1.64 bits per heavy atom. The molecule has 138 valence electrons. The maximum atomic E-state index is 12.9. The molecular formula is C22H14ClNO3S. The fraction of sp³-hybridized carbons (Fsp3) is 0. The average Bonchev–Trinajstić information content (AvgIpc) is 3.11. The lowest BCUT2D eigenvalue weighted by atomic mass is 10.0. The van der Waals surface area contributed by atoms with Crippen LogP contribution in [-0.2, 0) is 0 Å². The average molecular weight is 408 g/mol. The molecule has 4 rings (SSSR count). The third kappa shape index (κ3) is 3.38. The summed E-state index contributed by atoms with van der Waals surface area (Å²) in [5.74, 6) is -1.44. The number of carbonyl (C=O) groups is 2. The van der Waals surface area contributed by atoms with Gasteiger partial charge in [0, 0.05) is 21.5 Å². The predicted octanol–water partition coefficient (Wildman–Crippen LogP) is 6.17. The number of benzene rings is 3. The van der Waals surface area contributed by atoms with Gasteiger partial charge in [-0.25, -0.2) is 4.79 Å². The van der Waals surface area contributed by atoms with Crippen LogP contribution in [-0.4, -0.2) is 17.0 Å². The van der Waals surface area contributed by atoms with Crippen LogP contribution in [0.1, 0.15) is 20.7 Å². The van der Waals surface area contributed by atoms with Crippen molar-refractivity contribution in [2.75, 3.05) is 5.32 Å². The number of carboxylic acids is 1. The fourth-order valence-corrected chi connectivity index (χ4v) is 4.18. The van der Waals surface area contributed by atoms with Gasteiger partial charge in [0.15, 0.2) is 0 Å². The predicted molar refractivity (Wildman–Crippen MR) is 114 cm³/mol. The number of rotatable bonds is 4. The van der Waals surface area contributed by atoms with Gasteiger partial charge in [0.2, 0.25) is 0 Å². The molecule has 0 saturated carbocycles.